The van der Waals surface area contributed by atoms with Gasteiger partial charge in [-0.1, -0.05) is 168 Å². The number of carbonyl (C=O) groups is 1. The zero-order valence-corrected chi connectivity index (χ0v) is 23.8. The number of aliphatic hydroxyl groups excluding tert-OH is 1. The lowest BCUT2D eigenvalue weighted by atomic mass is 10.0. The fraction of sp³-hybridized carbons (Fsp3) is 0.968. The Bertz CT molecular complexity index is 344. The first-order chi connectivity index (χ1) is 16.5. The number of rotatable bonds is 26. The second kappa shape index (κ2) is 32.4. The van der Waals surface area contributed by atoms with E-state index >= 15 is 0 Å². The van der Waals surface area contributed by atoms with Gasteiger partial charge in [-0.2, -0.15) is 0 Å². The van der Waals surface area contributed by atoms with Crippen LogP contribution in [-0.4, -0.2) is 22.8 Å². The van der Waals surface area contributed by atoms with E-state index in [-0.39, 0.29) is 12.3 Å². The van der Waals surface area contributed by atoms with E-state index in [1.807, 2.05) is 13.8 Å². The minimum absolute atomic E-state index is 0.275. The third kappa shape index (κ3) is 38.7. The molecule has 0 heterocycles. The van der Waals surface area contributed by atoms with E-state index < -0.39 is 5.97 Å². The van der Waals surface area contributed by atoms with Crippen molar-refractivity contribution in [3.8, 4) is 0 Å². The zero-order chi connectivity index (χ0) is 25.5. The van der Waals surface area contributed by atoms with Crippen LogP contribution in [-0.2, 0) is 4.79 Å². The van der Waals surface area contributed by atoms with Crippen molar-refractivity contribution in [1.82, 2.24) is 0 Å². The van der Waals surface area contributed by atoms with Crippen LogP contribution in [0.2, 0.25) is 0 Å². The highest BCUT2D eigenvalue weighted by Gasteiger charge is 1.98. The molecule has 0 aromatic heterocycles. The lowest BCUT2D eigenvalue weighted by Crippen LogP contribution is -1.99. The van der Waals surface area contributed by atoms with Gasteiger partial charge in [-0.05, 0) is 12.3 Å². The molecule has 0 saturated carbocycles. The van der Waals surface area contributed by atoms with Crippen molar-refractivity contribution >= 4 is 5.97 Å². The number of aliphatic hydroxyl groups is 1. The van der Waals surface area contributed by atoms with Crippen molar-refractivity contribution in [3.05, 3.63) is 0 Å². The van der Waals surface area contributed by atoms with Crippen molar-refractivity contribution in [2.75, 3.05) is 6.61 Å². The summed E-state index contributed by atoms with van der Waals surface area (Å²) in [6, 6.07) is 0. The topological polar surface area (TPSA) is 57.5 Å². The molecule has 0 saturated heterocycles. The summed E-state index contributed by atoms with van der Waals surface area (Å²) in [6.07, 6.45) is 34.4. The summed E-state index contributed by atoms with van der Waals surface area (Å²) in [4.78, 5) is 9.81. The Kier molecular flexibility index (Phi) is 33.9. The average Bonchev–Trinajstić information content (AvgIpc) is 2.79. The molecule has 3 nitrogen and oxygen atoms in total. The van der Waals surface area contributed by atoms with Gasteiger partial charge in [-0.25, -0.2) is 0 Å². The number of unbranched alkanes of at least 4 members (excludes halogenated alkanes) is 23. The number of carboxylic acids is 1. The van der Waals surface area contributed by atoms with Gasteiger partial charge in [0.15, 0.2) is 0 Å². The van der Waals surface area contributed by atoms with Crippen molar-refractivity contribution in [3.63, 3.8) is 0 Å². The second-order valence-corrected chi connectivity index (χ2v) is 10.8. The van der Waals surface area contributed by atoms with Crippen LogP contribution in [0, 0.1) is 5.92 Å². The Balaban J connectivity index is 0. The highest BCUT2D eigenvalue weighted by molar-refractivity contribution is 5.66. The Morgan fingerprint density at radius 2 is 0.735 bits per heavy atom. The summed E-state index contributed by atoms with van der Waals surface area (Å²) >= 11 is 0. The molecule has 0 amide bonds. The third-order valence-corrected chi connectivity index (χ3v) is 6.59. The summed E-state index contributed by atoms with van der Waals surface area (Å²) in [5.41, 5.74) is 0. The van der Waals surface area contributed by atoms with Gasteiger partial charge in [-0.3, -0.25) is 4.79 Å². The number of carboxylic acid groups (broad SMARTS) is 1. The number of hydrogen-bond donors (Lipinski definition) is 2. The quantitative estimate of drug-likeness (QED) is 0.120. The SMILES string of the molecule is CC(C)CC(=O)O.CCCCCCCCCCCCCCCCCCCCCCCCCCO. The van der Waals surface area contributed by atoms with Crippen LogP contribution in [0.3, 0.4) is 0 Å². The molecule has 34 heavy (non-hydrogen) atoms. The van der Waals surface area contributed by atoms with Crippen LogP contribution >= 0.6 is 0 Å². The Labute approximate surface area is 214 Å². The van der Waals surface area contributed by atoms with E-state index in [0.717, 1.165) is 6.42 Å². The number of aliphatic carboxylic acids is 1. The Morgan fingerprint density at radius 1 is 0.500 bits per heavy atom. The van der Waals surface area contributed by atoms with Gasteiger partial charge in [0, 0.05) is 13.0 Å². The van der Waals surface area contributed by atoms with Crippen LogP contribution in [0.15, 0.2) is 0 Å². The maximum absolute atomic E-state index is 9.81. The zero-order valence-electron chi connectivity index (χ0n) is 23.8. The summed E-state index contributed by atoms with van der Waals surface area (Å²) < 4.78 is 0. The first-order valence-corrected chi connectivity index (χ1v) is 15.4. The van der Waals surface area contributed by atoms with Crippen molar-refractivity contribution in [2.24, 2.45) is 5.92 Å². The minimum atomic E-state index is -0.713. The number of hydrogen-bond acceptors (Lipinski definition) is 2. The molecule has 0 atom stereocenters. The van der Waals surface area contributed by atoms with Crippen LogP contribution in [0.5, 0.6) is 0 Å². The van der Waals surface area contributed by atoms with Gasteiger partial charge in [-0.15, -0.1) is 0 Å². The predicted octanol–water partition coefficient (Wildman–Crippen LogP) is 10.5. The van der Waals surface area contributed by atoms with Crippen LogP contribution in [0.25, 0.3) is 0 Å². The highest BCUT2D eigenvalue weighted by atomic mass is 16.4. The van der Waals surface area contributed by atoms with E-state index in [1.165, 1.54) is 148 Å². The van der Waals surface area contributed by atoms with Gasteiger partial charge >= 0.3 is 5.97 Å². The standard InChI is InChI=1S/C26H54O.C5H10O2/c1-2-3-4-5-6-7-8-9-10-11-12-13-14-15-16-17-18-19-20-21-22-23-24-25-26-27;1-4(2)3-5(6)7/h27H,2-26H2,1H3;4H,3H2,1-2H3,(H,6,7). The molecule has 2 N–H and O–H groups in total. The molecule has 0 spiro atoms. The first-order valence-electron chi connectivity index (χ1n) is 15.4. The molecule has 0 aliphatic heterocycles. The van der Waals surface area contributed by atoms with E-state index in [1.54, 1.807) is 0 Å². The summed E-state index contributed by atoms with van der Waals surface area (Å²) in [7, 11) is 0. The molecule has 0 unspecified atom stereocenters. The molecular formula is C31H64O3. The van der Waals surface area contributed by atoms with Gasteiger partial charge in [0.05, 0.1) is 0 Å². The van der Waals surface area contributed by atoms with Crippen molar-refractivity contribution < 1.29 is 15.0 Å². The summed E-state index contributed by atoms with van der Waals surface area (Å²) in [5.74, 6) is -0.438. The van der Waals surface area contributed by atoms with Gasteiger partial charge in [0.1, 0.15) is 0 Å². The Hall–Kier alpha value is -0.570. The van der Waals surface area contributed by atoms with E-state index in [9.17, 15) is 4.79 Å². The molecular weight excluding hydrogens is 420 g/mol. The normalized spacial score (nSPS) is 11.0. The predicted molar refractivity (Wildman–Crippen MR) is 151 cm³/mol. The largest absolute Gasteiger partial charge is 0.481 e. The molecule has 3 heteroatoms. The maximum Gasteiger partial charge on any atom is 0.303 e. The fourth-order valence-corrected chi connectivity index (χ4v) is 4.42. The van der Waals surface area contributed by atoms with Crippen LogP contribution in [0.4, 0.5) is 0 Å². The maximum atomic E-state index is 9.81. The fourth-order valence-electron chi connectivity index (χ4n) is 4.42. The summed E-state index contributed by atoms with van der Waals surface area (Å²) in [5, 5.41) is 16.8. The molecule has 0 aromatic rings. The highest BCUT2D eigenvalue weighted by Crippen LogP contribution is 2.15. The van der Waals surface area contributed by atoms with Crippen molar-refractivity contribution in [1.29, 1.82) is 0 Å². The van der Waals surface area contributed by atoms with E-state index in [0.29, 0.717) is 6.61 Å². The minimum Gasteiger partial charge on any atom is -0.481 e. The molecule has 0 rings (SSSR count). The van der Waals surface area contributed by atoms with Gasteiger partial charge < -0.3 is 10.2 Å². The van der Waals surface area contributed by atoms with E-state index in [2.05, 4.69) is 6.92 Å². The molecule has 0 aliphatic carbocycles. The van der Waals surface area contributed by atoms with Crippen LogP contribution < -0.4 is 0 Å². The molecule has 0 aliphatic rings. The lowest BCUT2D eigenvalue weighted by Gasteiger charge is -2.04. The molecule has 0 radical (unpaired) electrons. The lowest BCUT2D eigenvalue weighted by molar-refractivity contribution is -0.137. The van der Waals surface area contributed by atoms with Gasteiger partial charge in [0.25, 0.3) is 0 Å². The van der Waals surface area contributed by atoms with E-state index in [4.69, 9.17) is 10.2 Å². The third-order valence-electron chi connectivity index (χ3n) is 6.59. The summed E-state index contributed by atoms with van der Waals surface area (Å²) in [6.45, 7) is 6.44. The monoisotopic (exact) mass is 484 g/mol. The smallest absolute Gasteiger partial charge is 0.303 e. The first kappa shape index (κ1) is 35.6. The molecule has 0 bridgehead atoms. The molecule has 206 valence electrons. The molecule has 0 aromatic carbocycles. The van der Waals surface area contributed by atoms with Crippen LogP contribution in [0.1, 0.15) is 181 Å². The second-order valence-electron chi connectivity index (χ2n) is 10.8. The average molecular weight is 485 g/mol. The molecule has 0 fully saturated rings. The van der Waals surface area contributed by atoms with Gasteiger partial charge in [0.2, 0.25) is 0 Å². The van der Waals surface area contributed by atoms with Crippen molar-refractivity contribution in [2.45, 2.75) is 181 Å². The Morgan fingerprint density at radius 3 is 0.882 bits per heavy atom.